The number of hydrogen-bond acceptors (Lipinski definition) is 7. The second kappa shape index (κ2) is 10.2. The lowest BCUT2D eigenvalue weighted by Crippen LogP contribution is -2.19. The molecule has 154 valence electrons. The summed E-state index contributed by atoms with van der Waals surface area (Å²) < 4.78 is 16.4. The summed E-state index contributed by atoms with van der Waals surface area (Å²) in [6.07, 6.45) is 5.49. The molecule has 1 aliphatic carbocycles. The van der Waals surface area contributed by atoms with E-state index in [0.29, 0.717) is 18.2 Å². The van der Waals surface area contributed by atoms with Gasteiger partial charge < -0.3 is 19.5 Å². The Balaban J connectivity index is 1.59. The minimum atomic E-state index is -0.149. The van der Waals surface area contributed by atoms with Crippen LogP contribution in [0.25, 0.3) is 0 Å². The zero-order chi connectivity index (χ0) is 20.6. The summed E-state index contributed by atoms with van der Waals surface area (Å²) in [5.74, 6) is 1.39. The maximum atomic E-state index is 12.4. The number of carbonyl (C=O) groups excluding carboxylic acids is 1. The van der Waals surface area contributed by atoms with Gasteiger partial charge in [-0.05, 0) is 19.1 Å². The third kappa shape index (κ3) is 5.65. The van der Waals surface area contributed by atoms with Crippen molar-refractivity contribution in [2.45, 2.75) is 32.3 Å². The highest BCUT2D eigenvalue weighted by atomic mass is 32.1. The number of nitrogens with zero attached hydrogens (tertiary/aromatic N) is 2. The van der Waals surface area contributed by atoms with E-state index in [9.17, 15) is 4.79 Å². The molecule has 1 unspecified atom stereocenters. The Morgan fingerprint density at radius 2 is 2.07 bits per heavy atom. The molecule has 0 saturated heterocycles. The van der Waals surface area contributed by atoms with Gasteiger partial charge in [0.2, 0.25) is 11.0 Å². The first-order valence-corrected chi connectivity index (χ1v) is 10.2. The lowest BCUT2D eigenvalue weighted by molar-refractivity contribution is -0.115. The molecule has 0 bridgehead atoms. The number of anilines is 1. The fourth-order valence-corrected chi connectivity index (χ4v) is 3.91. The molecule has 0 radical (unpaired) electrons. The molecule has 0 spiro atoms. The van der Waals surface area contributed by atoms with Gasteiger partial charge in [-0.1, -0.05) is 41.2 Å². The summed E-state index contributed by atoms with van der Waals surface area (Å²) in [4.78, 5) is 12.4. The van der Waals surface area contributed by atoms with Crippen molar-refractivity contribution in [3.05, 3.63) is 58.3 Å². The molecule has 1 N–H and O–H groups in total. The van der Waals surface area contributed by atoms with Crippen molar-refractivity contribution in [1.82, 2.24) is 10.2 Å². The summed E-state index contributed by atoms with van der Waals surface area (Å²) in [5, 5.41) is 12.5. The van der Waals surface area contributed by atoms with Gasteiger partial charge in [0.25, 0.3) is 0 Å². The number of carbonyl (C=O) groups is 1. The summed E-state index contributed by atoms with van der Waals surface area (Å²) in [7, 11) is 3.31. The van der Waals surface area contributed by atoms with Crippen LogP contribution < -0.4 is 10.1 Å². The average Bonchev–Trinajstić information content (AvgIpc) is 3.16. The second-order valence-corrected chi connectivity index (χ2v) is 7.53. The van der Waals surface area contributed by atoms with Gasteiger partial charge in [-0.25, -0.2) is 0 Å². The number of aromatic nitrogens is 2. The molecule has 1 aliphatic rings. The summed E-state index contributed by atoms with van der Waals surface area (Å²) in [6.45, 7) is 2.47. The minimum Gasteiger partial charge on any atom is -0.498 e. The molecule has 1 heterocycles. The van der Waals surface area contributed by atoms with E-state index in [1.165, 1.54) is 16.9 Å². The van der Waals surface area contributed by atoms with E-state index in [-0.39, 0.29) is 18.4 Å². The topological polar surface area (TPSA) is 82.6 Å². The molecule has 7 nitrogen and oxygen atoms in total. The van der Waals surface area contributed by atoms with Crippen LogP contribution in [0.15, 0.2) is 47.7 Å². The number of para-hydroxylation sites is 1. The van der Waals surface area contributed by atoms with Gasteiger partial charge in [0.15, 0.2) is 0 Å². The Labute approximate surface area is 174 Å². The van der Waals surface area contributed by atoms with E-state index in [1.54, 1.807) is 14.2 Å². The number of hydrogen-bond donors (Lipinski definition) is 1. The molecule has 2 aromatic rings. The number of nitrogens with one attached hydrogen (secondary N) is 1. The van der Waals surface area contributed by atoms with Crippen LogP contribution in [0.4, 0.5) is 5.13 Å². The van der Waals surface area contributed by atoms with Gasteiger partial charge in [0.1, 0.15) is 22.6 Å². The zero-order valence-electron chi connectivity index (χ0n) is 16.8. The van der Waals surface area contributed by atoms with Crippen LogP contribution in [-0.2, 0) is 27.1 Å². The number of methoxy groups -OCH3 is 2. The SMILES string of the molecule is CCOc1ccccc1CC(=O)Nc1nnc(CC2=CC=C(OC)C(OC)C2)s1. The number of amides is 1. The van der Waals surface area contributed by atoms with Crippen LogP contribution in [0.5, 0.6) is 5.75 Å². The first-order valence-electron chi connectivity index (χ1n) is 9.42. The molecular weight excluding hydrogens is 390 g/mol. The number of allylic oxidation sites excluding steroid dienone is 2. The summed E-state index contributed by atoms with van der Waals surface area (Å²) in [5.41, 5.74) is 2.02. The van der Waals surface area contributed by atoms with Gasteiger partial charge in [0.05, 0.1) is 20.1 Å². The average molecular weight is 416 g/mol. The van der Waals surface area contributed by atoms with Crippen molar-refractivity contribution in [3.8, 4) is 5.75 Å². The van der Waals surface area contributed by atoms with Crippen LogP contribution in [-0.4, -0.2) is 43.0 Å². The highest BCUT2D eigenvalue weighted by molar-refractivity contribution is 7.15. The molecule has 3 rings (SSSR count). The fourth-order valence-electron chi connectivity index (χ4n) is 3.10. The quantitative estimate of drug-likeness (QED) is 0.675. The maximum Gasteiger partial charge on any atom is 0.230 e. The lowest BCUT2D eigenvalue weighted by Gasteiger charge is -2.22. The van der Waals surface area contributed by atoms with Crippen molar-refractivity contribution >= 4 is 22.4 Å². The predicted molar refractivity (Wildman–Crippen MR) is 112 cm³/mol. The third-order valence-electron chi connectivity index (χ3n) is 4.48. The molecule has 1 aromatic carbocycles. The van der Waals surface area contributed by atoms with Crippen LogP contribution >= 0.6 is 11.3 Å². The number of ether oxygens (including phenoxy) is 3. The minimum absolute atomic E-state index is 0.0856. The van der Waals surface area contributed by atoms with Crippen LogP contribution in [0.2, 0.25) is 0 Å². The molecule has 8 heteroatoms. The Hall–Kier alpha value is -2.71. The van der Waals surface area contributed by atoms with E-state index in [2.05, 4.69) is 15.5 Å². The van der Waals surface area contributed by atoms with Gasteiger partial charge in [-0.15, -0.1) is 10.2 Å². The number of benzene rings is 1. The molecule has 0 saturated carbocycles. The van der Waals surface area contributed by atoms with Crippen LogP contribution in [0, 0.1) is 0 Å². The largest absolute Gasteiger partial charge is 0.498 e. The smallest absolute Gasteiger partial charge is 0.230 e. The van der Waals surface area contributed by atoms with Crippen LogP contribution in [0.1, 0.15) is 23.9 Å². The van der Waals surface area contributed by atoms with E-state index in [4.69, 9.17) is 14.2 Å². The fraction of sp³-hybridized carbons (Fsp3) is 0.381. The van der Waals surface area contributed by atoms with Crippen molar-refractivity contribution in [3.63, 3.8) is 0 Å². The molecule has 0 fully saturated rings. The molecule has 1 atom stereocenters. The first-order chi connectivity index (χ1) is 14.1. The Morgan fingerprint density at radius 1 is 1.24 bits per heavy atom. The Kier molecular flexibility index (Phi) is 7.37. The van der Waals surface area contributed by atoms with E-state index >= 15 is 0 Å². The predicted octanol–water partition coefficient (Wildman–Crippen LogP) is 3.54. The van der Waals surface area contributed by atoms with Crippen molar-refractivity contribution in [2.24, 2.45) is 0 Å². The number of rotatable bonds is 9. The van der Waals surface area contributed by atoms with Gasteiger partial charge >= 0.3 is 0 Å². The second-order valence-electron chi connectivity index (χ2n) is 6.47. The zero-order valence-corrected chi connectivity index (χ0v) is 17.6. The molecule has 0 aliphatic heterocycles. The molecular formula is C21H25N3O4S. The van der Waals surface area contributed by atoms with E-state index < -0.39 is 0 Å². The molecule has 1 aromatic heterocycles. The molecule has 1 amide bonds. The van der Waals surface area contributed by atoms with Crippen molar-refractivity contribution in [2.75, 3.05) is 26.1 Å². The van der Waals surface area contributed by atoms with E-state index in [0.717, 1.165) is 28.5 Å². The van der Waals surface area contributed by atoms with Crippen molar-refractivity contribution < 1.29 is 19.0 Å². The van der Waals surface area contributed by atoms with Gasteiger partial charge in [0, 0.05) is 25.5 Å². The monoisotopic (exact) mass is 415 g/mol. The highest BCUT2D eigenvalue weighted by Crippen LogP contribution is 2.27. The highest BCUT2D eigenvalue weighted by Gasteiger charge is 2.21. The summed E-state index contributed by atoms with van der Waals surface area (Å²) in [6, 6.07) is 7.54. The normalized spacial score (nSPS) is 16.0. The van der Waals surface area contributed by atoms with Gasteiger partial charge in [-0.3, -0.25) is 4.79 Å². The van der Waals surface area contributed by atoms with Crippen LogP contribution in [0.3, 0.4) is 0 Å². The Morgan fingerprint density at radius 3 is 2.83 bits per heavy atom. The molecule has 29 heavy (non-hydrogen) atoms. The maximum absolute atomic E-state index is 12.4. The standard InChI is InChI=1S/C21H25N3O4S/c1-4-28-16-8-6-5-7-15(16)13-19(25)22-21-24-23-20(29-21)12-14-9-10-17(26-2)18(11-14)27-3/h5-10,18H,4,11-13H2,1-3H3,(H,22,24,25). The lowest BCUT2D eigenvalue weighted by atomic mass is 9.98. The van der Waals surface area contributed by atoms with Crippen molar-refractivity contribution in [1.29, 1.82) is 0 Å². The third-order valence-corrected chi connectivity index (χ3v) is 5.32. The summed E-state index contributed by atoms with van der Waals surface area (Å²) >= 11 is 1.38. The van der Waals surface area contributed by atoms with Gasteiger partial charge in [-0.2, -0.15) is 0 Å². The first kappa shape index (κ1) is 21.0. The Bertz CT molecular complexity index is 907. The van der Waals surface area contributed by atoms with E-state index in [1.807, 2.05) is 43.3 Å².